The van der Waals surface area contributed by atoms with Crippen LogP contribution in [0.1, 0.15) is 34.0 Å². The molecule has 104 valence electrons. The highest BCUT2D eigenvalue weighted by Crippen LogP contribution is 2.32. The first-order valence-corrected chi connectivity index (χ1v) is 6.91. The SMILES string of the molecule is O=C1CC(c2ccccc2)Cc2nc3[nH][nH]c(=O)c3cc21. The molecule has 1 unspecified atom stereocenters. The van der Waals surface area contributed by atoms with Crippen LogP contribution in [0, 0.1) is 0 Å². The van der Waals surface area contributed by atoms with Gasteiger partial charge in [0.15, 0.2) is 11.4 Å². The number of hydrogen-bond donors (Lipinski definition) is 2. The Labute approximate surface area is 120 Å². The molecule has 1 aliphatic carbocycles. The third kappa shape index (κ3) is 1.89. The van der Waals surface area contributed by atoms with Crippen molar-refractivity contribution in [2.45, 2.75) is 18.8 Å². The average Bonchev–Trinajstić information content (AvgIpc) is 2.87. The molecule has 0 aliphatic heterocycles. The van der Waals surface area contributed by atoms with E-state index in [-0.39, 0.29) is 17.3 Å². The molecule has 2 N–H and O–H groups in total. The van der Waals surface area contributed by atoms with Crippen LogP contribution in [0.2, 0.25) is 0 Å². The molecule has 5 heteroatoms. The summed E-state index contributed by atoms with van der Waals surface area (Å²) >= 11 is 0. The molecular weight excluding hydrogens is 266 g/mol. The second-order valence-electron chi connectivity index (χ2n) is 5.40. The maximum Gasteiger partial charge on any atom is 0.273 e. The predicted molar refractivity (Wildman–Crippen MR) is 78.5 cm³/mol. The lowest BCUT2D eigenvalue weighted by molar-refractivity contribution is 0.0963. The van der Waals surface area contributed by atoms with Gasteiger partial charge in [-0.1, -0.05) is 30.3 Å². The van der Waals surface area contributed by atoms with Crippen LogP contribution in [0.25, 0.3) is 11.0 Å². The van der Waals surface area contributed by atoms with Crippen molar-refractivity contribution in [3.63, 3.8) is 0 Å². The summed E-state index contributed by atoms with van der Waals surface area (Å²) in [6, 6.07) is 11.7. The molecule has 2 aromatic heterocycles. The van der Waals surface area contributed by atoms with E-state index in [2.05, 4.69) is 15.2 Å². The number of fused-ring (bicyclic) bond motifs is 2. The monoisotopic (exact) mass is 279 g/mol. The summed E-state index contributed by atoms with van der Waals surface area (Å²) in [4.78, 5) is 28.5. The van der Waals surface area contributed by atoms with Gasteiger partial charge in [0.2, 0.25) is 0 Å². The smallest absolute Gasteiger partial charge is 0.273 e. The number of nitrogens with one attached hydrogen (secondary N) is 2. The van der Waals surface area contributed by atoms with E-state index < -0.39 is 0 Å². The Kier molecular flexibility index (Phi) is 2.54. The van der Waals surface area contributed by atoms with Gasteiger partial charge in [-0.05, 0) is 24.0 Å². The predicted octanol–water partition coefficient (Wildman–Crippen LogP) is 2.16. The summed E-state index contributed by atoms with van der Waals surface area (Å²) in [5.41, 5.74) is 2.78. The van der Waals surface area contributed by atoms with Crippen molar-refractivity contribution in [1.82, 2.24) is 15.2 Å². The Morgan fingerprint density at radius 3 is 2.67 bits per heavy atom. The van der Waals surface area contributed by atoms with Gasteiger partial charge in [-0.25, -0.2) is 4.98 Å². The minimum absolute atomic E-state index is 0.0557. The number of hydrogen-bond acceptors (Lipinski definition) is 3. The lowest BCUT2D eigenvalue weighted by Gasteiger charge is -2.23. The minimum Gasteiger partial charge on any atom is -0.294 e. The number of Topliss-reactive ketones (excluding diaryl/α,β-unsaturated/α-hetero) is 1. The van der Waals surface area contributed by atoms with Crippen molar-refractivity contribution < 1.29 is 4.79 Å². The first kappa shape index (κ1) is 12.1. The van der Waals surface area contributed by atoms with Crippen molar-refractivity contribution in [2.75, 3.05) is 0 Å². The van der Waals surface area contributed by atoms with Gasteiger partial charge in [-0.2, -0.15) is 0 Å². The van der Waals surface area contributed by atoms with Crippen LogP contribution >= 0.6 is 0 Å². The van der Waals surface area contributed by atoms with Gasteiger partial charge in [0.1, 0.15) is 0 Å². The molecule has 0 spiro atoms. The number of H-pyrrole nitrogens is 2. The molecule has 0 radical (unpaired) electrons. The summed E-state index contributed by atoms with van der Waals surface area (Å²) in [7, 11) is 0. The summed E-state index contributed by atoms with van der Waals surface area (Å²) in [5.74, 6) is 0.210. The maximum atomic E-state index is 12.4. The fraction of sp³-hybridized carbons (Fsp3) is 0.188. The lowest BCUT2D eigenvalue weighted by Crippen LogP contribution is -2.20. The van der Waals surface area contributed by atoms with Crippen LogP contribution in [0.3, 0.4) is 0 Å². The van der Waals surface area contributed by atoms with Crippen LogP contribution in [-0.2, 0) is 6.42 Å². The number of carbonyl (C=O) groups is 1. The average molecular weight is 279 g/mol. The number of nitrogens with zero attached hydrogens (tertiary/aromatic N) is 1. The number of pyridine rings is 1. The van der Waals surface area contributed by atoms with Crippen LogP contribution in [0.5, 0.6) is 0 Å². The standard InChI is InChI=1S/C16H13N3O2/c20-14-7-10(9-4-2-1-3-5-9)6-13-11(14)8-12-15(17-13)18-19-16(12)21/h1-5,8,10H,6-7H2,(H2,17,18,19,21). The third-order valence-electron chi connectivity index (χ3n) is 4.08. The second-order valence-corrected chi connectivity index (χ2v) is 5.40. The van der Waals surface area contributed by atoms with Gasteiger partial charge >= 0.3 is 0 Å². The zero-order valence-electron chi connectivity index (χ0n) is 11.2. The van der Waals surface area contributed by atoms with E-state index in [4.69, 9.17) is 0 Å². The van der Waals surface area contributed by atoms with Gasteiger partial charge in [-0.15, -0.1) is 0 Å². The van der Waals surface area contributed by atoms with E-state index in [1.165, 1.54) is 0 Å². The van der Waals surface area contributed by atoms with Crippen molar-refractivity contribution in [1.29, 1.82) is 0 Å². The molecule has 0 amide bonds. The molecular formula is C16H13N3O2. The third-order valence-corrected chi connectivity index (χ3v) is 4.08. The second kappa shape index (κ2) is 4.41. The highest BCUT2D eigenvalue weighted by molar-refractivity contribution is 6.01. The quantitative estimate of drug-likeness (QED) is 0.716. The Balaban J connectivity index is 1.83. The molecule has 4 rings (SSSR count). The molecule has 0 saturated heterocycles. The summed E-state index contributed by atoms with van der Waals surface area (Å²) < 4.78 is 0. The molecule has 1 aromatic carbocycles. The molecule has 0 saturated carbocycles. The molecule has 0 fully saturated rings. The van der Waals surface area contributed by atoms with Crippen molar-refractivity contribution in [2.24, 2.45) is 0 Å². The van der Waals surface area contributed by atoms with E-state index in [9.17, 15) is 9.59 Å². The van der Waals surface area contributed by atoms with Crippen LogP contribution < -0.4 is 5.56 Å². The zero-order chi connectivity index (χ0) is 14.4. The Bertz CT molecular complexity index is 893. The number of aromatic amines is 2. The lowest BCUT2D eigenvalue weighted by atomic mass is 9.81. The van der Waals surface area contributed by atoms with E-state index in [0.29, 0.717) is 29.4 Å². The largest absolute Gasteiger partial charge is 0.294 e. The first-order chi connectivity index (χ1) is 10.2. The normalized spacial score (nSPS) is 17.9. The highest BCUT2D eigenvalue weighted by atomic mass is 16.1. The summed E-state index contributed by atoms with van der Waals surface area (Å²) in [6.07, 6.45) is 1.18. The maximum absolute atomic E-state index is 12.4. The number of benzene rings is 1. The van der Waals surface area contributed by atoms with Crippen molar-refractivity contribution >= 4 is 16.8 Å². The molecule has 0 bridgehead atoms. The number of rotatable bonds is 1. The van der Waals surface area contributed by atoms with Crippen molar-refractivity contribution in [3.8, 4) is 0 Å². The highest BCUT2D eigenvalue weighted by Gasteiger charge is 2.28. The number of ketones is 1. The van der Waals surface area contributed by atoms with Gasteiger partial charge in [0.05, 0.1) is 11.1 Å². The number of aromatic nitrogens is 3. The fourth-order valence-corrected chi connectivity index (χ4v) is 3.00. The minimum atomic E-state index is -0.238. The van der Waals surface area contributed by atoms with E-state index in [1.807, 2.05) is 30.3 Å². The van der Waals surface area contributed by atoms with Gasteiger partial charge in [0.25, 0.3) is 5.56 Å². The Morgan fingerprint density at radius 2 is 1.86 bits per heavy atom. The number of carbonyl (C=O) groups excluding carboxylic acids is 1. The molecule has 1 aliphatic rings. The van der Waals surface area contributed by atoms with Crippen LogP contribution in [0.15, 0.2) is 41.2 Å². The van der Waals surface area contributed by atoms with Gasteiger partial charge < -0.3 is 0 Å². The topological polar surface area (TPSA) is 78.6 Å². The van der Waals surface area contributed by atoms with Crippen molar-refractivity contribution in [3.05, 3.63) is 63.6 Å². The molecule has 3 aromatic rings. The van der Waals surface area contributed by atoms with Crippen LogP contribution in [0.4, 0.5) is 0 Å². The summed E-state index contributed by atoms with van der Waals surface area (Å²) in [5, 5.41) is 5.70. The fourth-order valence-electron chi connectivity index (χ4n) is 3.00. The summed E-state index contributed by atoms with van der Waals surface area (Å²) in [6.45, 7) is 0. The van der Waals surface area contributed by atoms with Gasteiger partial charge in [-0.3, -0.25) is 19.8 Å². The molecule has 1 atom stereocenters. The Hall–Kier alpha value is -2.69. The zero-order valence-corrected chi connectivity index (χ0v) is 11.2. The van der Waals surface area contributed by atoms with Gasteiger partial charge in [0, 0.05) is 12.0 Å². The Morgan fingerprint density at radius 1 is 1.05 bits per heavy atom. The van der Waals surface area contributed by atoms with E-state index in [1.54, 1.807) is 6.07 Å². The molecule has 21 heavy (non-hydrogen) atoms. The molecule has 2 heterocycles. The molecule has 5 nitrogen and oxygen atoms in total. The van der Waals surface area contributed by atoms with E-state index >= 15 is 0 Å². The first-order valence-electron chi connectivity index (χ1n) is 6.91. The van der Waals surface area contributed by atoms with E-state index in [0.717, 1.165) is 11.3 Å². The van der Waals surface area contributed by atoms with Crippen LogP contribution in [-0.4, -0.2) is 21.0 Å².